The molecule has 0 radical (unpaired) electrons. The molecule has 0 heterocycles. The van der Waals surface area contributed by atoms with Crippen molar-refractivity contribution in [2.24, 2.45) is 0 Å². The van der Waals surface area contributed by atoms with Crippen molar-refractivity contribution in [3.8, 4) is 0 Å². The van der Waals surface area contributed by atoms with Gasteiger partial charge < -0.3 is 10.4 Å². The van der Waals surface area contributed by atoms with E-state index >= 15 is 0 Å². The minimum Gasteiger partial charge on any atom is -0.396 e. The Morgan fingerprint density at radius 1 is 1.55 bits per heavy atom. The number of rotatable bonds is 6. The molecule has 2 N–H and O–H groups in total. The van der Waals surface area contributed by atoms with E-state index in [1.165, 1.54) is 18.2 Å². The average molecular weight is 301 g/mol. The van der Waals surface area contributed by atoms with Crippen molar-refractivity contribution < 1.29 is 14.8 Å². The van der Waals surface area contributed by atoms with Crippen LogP contribution in [0, 0.1) is 10.1 Å². The molecule has 0 aliphatic carbocycles. The van der Waals surface area contributed by atoms with Gasteiger partial charge in [-0.2, -0.15) is 0 Å². The lowest BCUT2D eigenvalue weighted by atomic mass is 9.94. The van der Waals surface area contributed by atoms with Crippen molar-refractivity contribution in [3.05, 3.63) is 38.9 Å². The second kappa shape index (κ2) is 6.67. The highest BCUT2D eigenvalue weighted by Crippen LogP contribution is 2.28. The monoisotopic (exact) mass is 300 g/mol. The smallest absolute Gasteiger partial charge is 0.288 e. The lowest BCUT2D eigenvalue weighted by Crippen LogP contribution is -2.46. The van der Waals surface area contributed by atoms with Crippen LogP contribution in [-0.2, 0) is 0 Å². The number of benzene rings is 1. The highest BCUT2D eigenvalue weighted by Gasteiger charge is 2.27. The third-order valence-corrected chi connectivity index (χ3v) is 3.68. The summed E-state index contributed by atoms with van der Waals surface area (Å²) < 4.78 is 0. The average Bonchev–Trinajstić information content (AvgIpc) is 2.38. The summed E-state index contributed by atoms with van der Waals surface area (Å²) in [4.78, 5) is 22.4. The molecule has 110 valence electrons. The Bertz CT molecular complexity index is 521. The fourth-order valence-corrected chi connectivity index (χ4v) is 2.03. The van der Waals surface area contributed by atoms with E-state index in [1.807, 2.05) is 6.92 Å². The van der Waals surface area contributed by atoms with E-state index < -0.39 is 16.4 Å². The summed E-state index contributed by atoms with van der Waals surface area (Å²) in [5, 5.41) is 22.4. The van der Waals surface area contributed by atoms with Crippen molar-refractivity contribution in [1.82, 2.24) is 5.32 Å². The summed E-state index contributed by atoms with van der Waals surface area (Å²) >= 11 is 5.90. The number of hydrogen-bond acceptors (Lipinski definition) is 4. The highest BCUT2D eigenvalue weighted by molar-refractivity contribution is 6.35. The van der Waals surface area contributed by atoms with Gasteiger partial charge in [-0.25, -0.2) is 0 Å². The summed E-state index contributed by atoms with van der Waals surface area (Å²) in [7, 11) is 0. The number of hydrogen-bond donors (Lipinski definition) is 2. The summed E-state index contributed by atoms with van der Waals surface area (Å²) in [5.41, 5.74) is -0.835. The van der Waals surface area contributed by atoms with E-state index in [0.29, 0.717) is 12.8 Å². The van der Waals surface area contributed by atoms with Crippen LogP contribution in [0.25, 0.3) is 0 Å². The Kier molecular flexibility index (Phi) is 5.47. The number of carbonyl (C=O) groups excluding carboxylic acids is 1. The van der Waals surface area contributed by atoms with Crippen LogP contribution in [0.1, 0.15) is 37.0 Å². The van der Waals surface area contributed by atoms with Gasteiger partial charge in [0, 0.05) is 18.2 Å². The molecule has 1 aromatic rings. The van der Waals surface area contributed by atoms with Crippen molar-refractivity contribution in [1.29, 1.82) is 0 Å². The Morgan fingerprint density at radius 3 is 2.70 bits per heavy atom. The molecule has 0 bridgehead atoms. The molecule has 0 saturated heterocycles. The Morgan fingerprint density at radius 2 is 2.20 bits per heavy atom. The van der Waals surface area contributed by atoms with E-state index in [2.05, 4.69) is 5.32 Å². The molecule has 0 aromatic heterocycles. The normalized spacial score (nSPS) is 13.6. The third kappa shape index (κ3) is 3.68. The molecule has 0 aliphatic rings. The molecule has 0 saturated carbocycles. The van der Waals surface area contributed by atoms with E-state index in [4.69, 9.17) is 16.7 Å². The molecular weight excluding hydrogens is 284 g/mol. The summed E-state index contributed by atoms with van der Waals surface area (Å²) in [5.74, 6) is -0.489. The van der Waals surface area contributed by atoms with Crippen LogP contribution in [0.15, 0.2) is 18.2 Å². The van der Waals surface area contributed by atoms with Gasteiger partial charge in [0.2, 0.25) is 0 Å². The van der Waals surface area contributed by atoms with Crippen LogP contribution < -0.4 is 5.32 Å². The minimum absolute atomic E-state index is 0.0541. The molecule has 1 rings (SSSR count). The largest absolute Gasteiger partial charge is 0.396 e. The molecule has 7 heteroatoms. The van der Waals surface area contributed by atoms with Crippen molar-refractivity contribution >= 4 is 23.2 Å². The van der Waals surface area contributed by atoms with E-state index in [9.17, 15) is 14.9 Å². The number of aliphatic hydroxyl groups excluding tert-OH is 1. The predicted molar refractivity (Wildman–Crippen MR) is 76.0 cm³/mol. The summed E-state index contributed by atoms with van der Waals surface area (Å²) in [6.07, 6.45) is 1.01. The van der Waals surface area contributed by atoms with Gasteiger partial charge in [0.25, 0.3) is 11.6 Å². The number of carbonyl (C=O) groups is 1. The SMILES string of the molecule is CCC(C)(CCO)NC(=O)c1cccc([N+](=O)[O-])c1Cl. The molecule has 1 atom stereocenters. The van der Waals surface area contributed by atoms with Crippen molar-refractivity contribution in [3.63, 3.8) is 0 Å². The first-order valence-corrected chi connectivity index (χ1v) is 6.58. The minimum atomic E-state index is -0.633. The number of nitrogens with zero attached hydrogens (tertiary/aromatic N) is 1. The second-order valence-corrected chi connectivity index (χ2v) is 5.12. The molecule has 1 aromatic carbocycles. The number of halogens is 1. The maximum Gasteiger partial charge on any atom is 0.288 e. The topological polar surface area (TPSA) is 92.5 Å². The second-order valence-electron chi connectivity index (χ2n) is 4.74. The Balaban J connectivity index is 3.04. The highest BCUT2D eigenvalue weighted by atomic mass is 35.5. The molecule has 0 aliphatic heterocycles. The van der Waals surface area contributed by atoms with Gasteiger partial charge in [-0.15, -0.1) is 0 Å². The fourth-order valence-electron chi connectivity index (χ4n) is 1.75. The number of nitro groups is 1. The van der Waals surface area contributed by atoms with Crippen LogP contribution >= 0.6 is 11.6 Å². The molecule has 6 nitrogen and oxygen atoms in total. The summed E-state index contributed by atoms with van der Waals surface area (Å²) in [6, 6.07) is 4.08. The zero-order chi connectivity index (χ0) is 15.3. The maximum atomic E-state index is 12.2. The van der Waals surface area contributed by atoms with Crippen LogP contribution in [0.5, 0.6) is 0 Å². The van der Waals surface area contributed by atoms with Gasteiger partial charge in [-0.3, -0.25) is 14.9 Å². The lowest BCUT2D eigenvalue weighted by molar-refractivity contribution is -0.384. The van der Waals surface area contributed by atoms with Gasteiger partial charge in [0.05, 0.1) is 10.5 Å². The molecule has 20 heavy (non-hydrogen) atoms. The van der Waals surface area contributed by atoms with Crippen molar-refractivity contribution in [2.75, 3.05) is 6.61 Å². The van der Waals surface area contributed by atoms with Gasteiger partial charge in [0.1, 0.15) is 5.02 Å². The quantitative estimate of drug-likeness (QED) is 0.623. The zero-order valence-electron chi connectivity index (χ0n) is 11.4. The Hall–Kier alpha value is -1.66. The first kappa shape index (κ1) is 16.4. The van der Waals surface area contributed by atoms with Crippen molar-refractivity contribution in [2.45, 2.75) is 32.2 Å². The number of aliphatic hydroxyl groups is 1. The van der Waals surface area contributed by atoms with Gasteiger partial charge >= 0.3 is 0 Å². The molecule has 1 amide bonds. The standard InChI is InChI=1S/C13H17ClN2O4/c1-3-13(2,7-8-17)15-12(18)9-5-4-6-10(11(9)14)16(19)20/h4-6,17H,3,7-8H2,1-2H3,(H,15,18). The number of nitrogens with one attached hydrogen (secondary N) is 1. The Labute approximate surface area is 121 Å². The van der Waals surface area contributed by atoms with E-state index in [0.717, 1.165) is 0 Å². The van der Waals surface area contributed by atoms with Crippen LogP contribution in [0.4, 0.5) is 5.69 Å². The first-order valence-electron chi connectivity index (χ1n) is 6.21. The van der Waals surface area contributed by atoms with E-state index in [-0.39, 0.29) is 22.9 Å². The summed E-state index contributed by atoms with van der Waals surface area (Å²) in [6.45, 7) is 3.62. The maximum absolute atomic E-state index is 12.2. The van der Waals surface area contributed by atoms with Crippen LogP contribution in [0.2, 0.25) is 5.02 Å². The molecular formula is C13H17ClN2O4. The van der Waals surface area contributed by atoms with E-state index in [1.54, 1.807) is 6.92 Å². The van der Waals surface area contributed by atoms with Gasteiger partial charge in [-0.1, -0.05) is 24.6 Å². The first-order chi connectivity index (χ1) is 9.34. The molecule has 0 fully saturated rings. The van der Waals surface area contributed by atoms with Gasteiger partial charge in [-0.05, 0) is 25.8 Å². The predicted octanol–water partition coefficient (Wildman–Crippen LogP) is 2.53. The fraction of sp³-hybridized carbons (Fsp3) is 0.462. The van der Waals surface area contributed by atoms with Crippen LogP contribution in [0.3, 0.4) is 0 Å². The van der Waals surface area contributed by atoms with Crippen LogP contribution in [-0.4, -0.2) is 28.1 Å². The van der Waals surface area contributed by atoms with Gasteiger partial charge in [0.15, 0.2) is 0 Å². The number of nitro benzene ring substituents is 1. The zero-order valence-corrected chi connectivity index (χ0v) is 12.1. The lowest BCUT2D eigenvalue weighted by Gasteiger charge is -2.29. The molecule has 1 unspecified atom stereocenters. The number of amides is 1. The third-order valence-electron chi connectivity index (χ3n) is 3.28. The molecule has 0 spiro atoms.